The molecule has 0 saturated carbocycles. The van der Waals surface area contributed by atoms with E-state index in [2.05, 4.69) is 19.9 Å². The lowest BCUT2D eigenvalue weighted by Gasteiger charge is -2.29. The van der Waals surface area contributed by atoms with Gasteiger partial charge in [-0.1, -0.05) is 70.3 Å². The minimum Gasteiger partial charge on any atom is -0.481 e. The fourth-order valence-electron chi connectivity index (χ4n) is 3.76. The quantitative estimate of drug-likeness (QED) is 0.145. The number of unbranched alkanes of at least 4 members (excludes halogenated alkanes) is 4. The highest BCUT2D eigenvalue weighted by Gasteiger charge is 2.33. The van der Waals surface area contributed by atoms with Crippen molar-refractivity contribution in [1.29, 1.82) is 0 Å². The minimum absolute atomic E-state index is 0.00818. The van der Waals surface area contributed by atoms with Gasteiger partial charge in [0.05, 0.1) is 18.3 Å². The zero-order valence-corrected chi connectivity index (χ0v) is 19.3. The van der Waals surface area contributed by atoms with Crippen molar-refractivity contribution in [1.82, 2.24) is 0 Å². The number of carbonyl (C=O) groups excluding carboxylic acids is 1. The molecule has 31 heavy (non-hydrogen) atoms. The lowest BCUT2D eigenvalue weighted by molar-refractivity contribution is -0.137. The number of aliphatic hydroxyl groups is 1. The molecule has 0 aromatic rings. The van der Waals surface area contributed by atoms with Gasteiger partial charge >= 0.3 is 13.1 Å². The van der Waals surface area contributed by atoms with Crippen LogP contribution in [0.25, 0.3) is 0 Å². The van der Waals surface area contributed by atoms with Crippen molar-refractivity contribution in [3.63, 3.8) is 0 Å². The zero-order valence-electron chi connectivity index (χ0n) is 19.3. The van der Waals surface area contributed by atoms with Crippen molar-refractivity contribution in [2.75, 3.05) is 0 Å². The summed E-state index contributed by atoms with van der Waals surface area (Å²) in [5, 5.41) is 19.4. The van der Waals surface area contributed by atoms with Crippen LogP contribution in [-0.4, -0.2) is 47.9 Å². The van der Waals surface area contributed by atoms with Gasteiger partial charge in [-0.25, -0.2) is 0 Å². The van der Waals surface area contributed by atoms with Gasteiger partial charge in [-0.05, 0) is 32.0 Å². The van der Waals surface area contributed by atoms with Crippen LogP contribution >= 0.6 is 0 Å². The molecule has 1 aliphatic rings. The summed E-state index contributed by atoms with van der Waals surface area (Å²) in [6.45, 7) is 4.32. The van der Waals surface area contributed by atoms with Gasteiger partial charge in [0.1, 0.15) is 6.29 Å². The molecule has 0 aliphatic carbocycles. The Kier molecular flexibility index (Phi) is 15.3. The molecule has 6 nitrogen and oxygen atoms in total. The second-order valence-electron chi connectivity index (χ2n) is 8.35. The Labute approximate surface area is 188 Å². The van der Waals surface area contributed by atoms with Crippen LogP contribution < -0.4 is 0 Å². The third kappa shape index (κ3) is 12.3. The summed E-state index contributed by atoms with van der Waals surface area (Å²) >= 11 is 0. The number of aliphatic carboxylic acids is 1. The number of rotatable bonds is 17. The summed E-state index contributed by atoms with van der Waals surface area (Å²) in [7, 11) is -0.322. The number of aldehydes is 1. The van der Waals surface area contributed by atoms with Crippen LogP contribution in [0.5, 0.6) is 0 Å². The summed E-state index contributed by atoms with van der Waals surface area (Å²) in [5.74, 6) is -1.06. The van der Waals surface area contributed by atoms with E-state index in [1.165, 1.54) is 6.42 Å². The highest BCUT2D eigenvalue weighted by molar-refractivity contribution is 6.44. The zero-order chi connectivity index (χ0) is 22.9. The molecule has 1 rings (SSSR count). The average molecular weight is 436 g/mol. The highest BCUT2D eigenvalue weighted by atomic mass is 16.6. The standard InChI is InChI=1S/C24H41BO6/c1-3-5-9-12-20-15-16-23(31-25(30-20)18-6-4-2)21(22(27)17-19-26)13-10-7-8-11-14-24(28)29/h7,10,15-16,19-23,27H,3-6,8-9,11-14,17-18H2,1-2H3,(H,28,29)/b10-7-/t20-,21-,22-,23-/m0/s1. The number of allylic oxidation sites excluding steroid dienone is 2. The first kappa shape index (κ1) is 27.6. The second kappa shape index (κ2) is 17.2. The van der Waals surface area contributed by atoms with Gasteiger partial charge in [0.25, 0.3) is 0 Å². The normalized spacial score (nSPS) is 21.2. The molecule has 176 valence electrons. The van der Waals surface area contributed by atoms with Crippen LogP contribution in [0.3, 0.4) is 0 Å². The summed E-state index contributed by atoms with van der Waals surface area (Å²) in [6, 6.07) is 0. The van der Waals surface area contributed by atoms with E-state index in [-0.39, 0.29) is 38.1 Å². The molecular weight excluding hydrogens is 395 g/mol. The molecule has 0 amide bonds. The van der Waals surface area contributed by atoms with Gasteiger partial charge in [-0.3, -0.25) is 4.79 Å². The van der Waals surface area contributed by atoms with E-state index in [1.54, 1.807) is 0 Å². The summed E-state index contributed by atoms with van der Waals surface area (Å²) in [4.78, 5) is 21.7. The molecule has 0 radical (unpaired) electrons. The van der Waals surface area contributed by atoms with E-state index in [4.69, 9.17) is 14.4 Å². The maximum absolute atomic E-state index is 11.0. The van der Waals surface area contributed by atoms with E-state index in [1.807, 2.05) is 18.2 Å². The molecule has 0 spiro atoms. The molecule has 0 aromatic heterocycles. The van der Waals surface area contributed by atoms with Crippen LogP contribution in [0.4, 0.5) is 0 Å². The molecule has 1 heterocycles. The minimum atomic E-state index is -0.806. The van der Waals surface area contributed by atoms with Crippen molar-refractivity contribution in [2.45, 2.75) is 109 Å². The van der Waals surface area contributed by atoms with E-state index < -0.39 is 12.1 Å². The molecular formula is C24H41BO6. The van der Waals surface area contributed by atoms with E-state index in [0.29, 0.717) is 19.3 Å². The molecule has 7 heteroatoms. The van der Waals surface area contributed by atoms with E-state index >= 15 is 0 Å². The molecule has 0 fully saturated rings. The summed E-state index contributed by atoms with van der Waals surface area (Å²) in [5.41, 5.74) is 0. The Hall–Kier alpha value is -1.44. The van der Waals surface area contributed by atoms with Gasteiger partial charge in [0.2, 0.25) is 0 Å². The Morgan fingerprint density at radius 3 is 2.52 bits per heavy atom. The first-order chi connectivity index (χ1) is 15.0. The fourth-order valence-corrected chi connectivity index (χ4v) is 3.76. The van der Waals surface area contributed by atoms with Crippen LogP contribution in [0.15, 0.2) is 24.3 Å². The van der Waals surface area contributed by atoms with Gasteiger partial charge in [-0.2, -0.15) is 0 Å². The highest BCUT2D eigenvalue weighted by Crippen LogP contribution is 2.27. The van der Waals surface area contributed by atoms with Crippen molar-refractivity contribution in [2.24, 2.45) is 5.92 Å². The maximum Gasteiger partial charge on any atom is 0.457 e. The van der Waals surface area contributed by atoms with Gasteiger partial charge in [0.15, 0.2) is 0 Å². The number of hydrogen-bond acceptors (Lipinski definition) is 5. The van der Waals surface area contributed by atoms with Gasteiger partial charge in [0, 0.05) is 18.8 Å². The number of hydrogen-bond donors (Lipinski definition) is 2. The lowest BCUT2D eigenvalue weighted by atomic mass is 9.80. The lowest BCUT2D eigenvalue weighted by Crippen LogP contribution is -2.37. The van der Waals surface area contributed by atoms with E-state index in [9.17, 15) is 14.7 Å². The molecule has 2 N–H and O–H groups in total. The Morgan fingerprint density at radius 1 is 1.06 bits per heavy atom. The third-order valence-corrected chi connectivity index (χ3v) is 5.63. The van der Waals surface area contributed by atoms with Crippen LogP contribution in [0.1, 0.15) is 84.5 Å². The Bertz CT molecular complexity index is 550. The number of carbonyl (C=O) groups is 2. The van der Waals surface area contributed by atoms with Crippen LogP contribution in [-0.2, 0) is 18.9 Å². The topological polar surface area (TPSA) is 93.1 Å². The van der Waals surface area contributed by atoms with Crippen LogP contribution in [0.2, 0.25) is 6.32 Å². The molecule has 0 saturated heterocycles. The monoisotopic (exact) mass is 436 g/mol. The van der Waals surface area contributed by atoms with Crippen molar-refractivity contribution in [3.8, 4) is 0 Å². The largest absolute Gasteiger partial charge is 0.481 e. The first-order valence-corrected chi connectivity index (χ1v) is 12.0. The SMILES string of the molecule is CCCCC[C@H]1C=C[C@@H]([C@@H](C/C=C\CCCC(=O)O)[C@@H](O)CC=O)OB(CCCC)O1. The molecule has 0 aromatic carbocycles. The Balaban J connectivity index is 2.85. The van der Waals surface area contributed by atoms with Crippen molar-refractivity contribution >= 4 is 19.4 Å². The van der Waals surface area contributed by atoms with E-state index in [0.717, 1.165) is 44.7 Å². The average Bonchev–Trinajstić information content (AvgIpc) is 2.94. The van der Waals surface area contributed by atoms with Gasteiger partial charge < -0.3 is 24.3 Å². The number of aliphatic hydroxyl groups excluding tert-OH is 1. The van der Waals surface area contributed by atoms with Crippen LogP contribution in [0, 0.1) is 5.92 Å². The maximum atomic E-state index is 11.0. The van der Waals surface area contributed by atoms with Crippen molar-refractivity contribution in [3.05, 3.63) is 24.3 Å². The number of carboxylic acids is 1. The summed E-state index contributed by atoms with van der Waals surface area (Å²) < 4.78 is 12.5. The molecule has 0 bridgehead atoms. The first-order valence-electron chi connectivity index (χ1n) is 12.0. The Morgan fingerprint density at radius 2 is 1.84 bits per heavy atom. The molecule has 1 aliphatic heterocycles. The molecule has 4 atom stereocenters. The fraction of sp³-hybridized carbons (Fsp3) is 0.750. The summed E-state index contributed by atoms with van der Waals surface area (Å²) in [6.07, 6.45) is 16.8. The van der Waals surface area contributed by atoms with Crippen molar-refractivity contribution < 1.29 is 29.1 Å². The molecule has 0 unspecified atom stereocenters. The predicted octanol–water partition coefficient (Wildman–Crippen LogP) is 4.96. The number of carboxylic acid groups (broad SMARTS) is 1. The third-order valence-electron chi connectivity index (χ3n) is 5.63. The second-order valence-corrected chi connectivity index (χ2v) is 8.35. The van der Waals surface area contributed by atoms with Gasteiger partial charge in [-0.15, -0.1) is 0 Å². The smallest absolute Gasteiger partial charge is 0.457 e. The predicted molar refractivity (Wildman–Crippen MR) is 124 cm³/mol.